The van der Waals surface area contributed by atoms with Gasteiger partial charge in [-0.2, -0.15) is 15.4 Å². The molecule has 0 saturated carbocycles. The quantitative estimate of drug-likeness (QED) is 0.843. The number of nitrogens with zero attached hydrogens (tertiary/aromatic N) is 5. The maximum Gasteiger partial charge on any atom is 0.319 e. The second-order valence-electron chi connectivity index (χ2n) is 7.16. The molecule has 1 aromatic carbocycles. The number of hydrogen-bond acceptors (Lipinski definition) is 4. The van der Waals surface area contributed by atoms with E-state index < -0.39 is 0 Å². The van der Waals surface area contributed by atoms with Crippen molar-refractivity contribution in [1.29, 1.82) is 0 Å². The third kappa shape index (κ3) is 2.81. The molecule has 1 N–H and O–H groups in total. The molecule has 0 radical (unpaired) electrons. The molecule has 2 bridgehead atoms. The van der Waals surface area contributed by atoms with Crippen LogP contribution in [0.15, 0.2) is 18.2 Å². The molecular weight excluding hydrogens is 320 g/mol. The van der Waals surface area contributed by atoms with E-state index in [4.69, 9.17) is 0 Å². The molecule has 132 valence electrons. The van der Waals surface area contributed by atoms with Crippen LogP contribution < -0.4 is 0 Å². The predicted molar refractivity (Wildman–Crippen MR) is 92.1 cm³/mol. The number of piperidine rings is 1. The van der Waals surface area contributed by atoms with Gasteiger partial charge in [-0.15, -0.1) is 0 Å². The van der Waals surface area contributed by atoms with Gasteiger partial charge in [0, 0.05) is 45.3 Å². The smallest absolute Gasteiger partial charge is 0.319 e. The summed E-state index contributed by atoms with van der Waals surface area (Å²) in [6.45, 7) is 2.03. The summed E-state index contributed by atoms with van der Waals surface area (Å²) in [4.78, 5) is 30.9. The highest BCUT2D eigenvalue weighted by atomic mass is 16.2. The average molecular weight is 342 g/mol. The zero-order valence-electron chi connectivity index (χ0n) is 14.5. The van der Waals surface area contributed by atoms with E-state index in [-0.39, 0.29) is 18.0 Å². The highest BCUT2D eigenvalue weighted by Gasteiger charge is 2.39. The van der Waals surface area contributed by atoms with Gasteiger partial charge in [-0.25, -0.2) is 4.79 Å². The first kappa shape index (κ1) is 15.9. The summed E-state index contributed by atoms with van der Waals surface area (Å²) in [5.41, 5.74) is 2.06. The molecule has 3 amide bonds. The Balaban J connectivity index is 1.58. The largest absolute Gasteiger partial charge is 0.334 e. The van der Waals surface area contributed by atoms with Crippen molar-refractivity contribution < 1.29 is 9.59 Å². The molecule has 3 aliphatic heterocycles. The number of rotatable bonds is 1. The van der Waals surface area contributed by atoms with Gasteiger partial charge in [0.2, 0.25) is 0 Å². The second kappa shape index (κ2) is 6.02. The van der Waals surface area contributed by atoms with Gasteiger partial charge in [0.1, 0.15) is 11.0 Å². The molecule has 0 aliphatic carbocycles. The van der Waals surface area contributed by atoms with Crippen molar-refractivity contribution in [2.24, 2.45) is 5.92 Å². The zero-order chi connectivity index (χ0) is 17.6. The molecule has 2 aromatic rings. The third-order valence-electron chi connectivity index (χ3n) is 5.19. The molecule has 1 aromatic heterocycles. The topological polar surface area (TPSA) is 85.4 Å². The molecule has 5 rings (SSSR count). The number of aromatic nitrogens is 3. The summed E-state index contributed by atoms with van der Waals surface area (Å²) in [6, 6.07) is 5.49. The fourth-order valence-corrected chi connectivity index (χ4v) is 3.91. The molecule has 3 fully saturated rings. The lowest BCUT2D eigenvalue weighted by Gasteiger charge is -2.36. The monoisotopic (exact) mass is 342 g/mol. The minimum absolute atomic E-state index is 0.0127. The van der Waals surface area contributed by atoms with Gasteiger partial charge in [0.25, 0.3) is 5.91 Å². The van der Waals surface area contributed by atoms with Gasteiger partial charge in [-0.3, -0.25) is 4.79 Å². The third-order valence-corrected chi connectivity index (χ3v) is 5.19. The summed E-state index contributed by atoms with van der Waals surface area (Å²) in [5.74, 6) is 0.348. The SMILES string of the molecule is CN(C)C(=O)N1C[C@@H]2CC[C@H](C1)N(C(=O)c1ccc3n[nH]nc3c1)C2. The lowest BCUT2D eigenvalue weighted by molar-refractivity contribution is 0.0586. The number of hydrogen-bond donors (Lipinski definition) is 1. The molecule has 25 heavy (non-hydrogen) atoms. The molecule has 3 saturated heterocycles. The number of H-pyrrole nitrogens is 1. The molecule has 2 atom stereocenters. The number of nitrogens with one attached hydrogen (secondary N) is 1. The van der Waals surface area contributed by atoms with E-state index >= 15 is 0 Å². The standard InChI is InChI=1S/C17H22N6O2/c1-21(2)17(25)22-8-11-3-5-13(10-22)23(9-11)16(24)12-4-6-14-15(7-12)19-20-18-14/h4,6-7,11,13H,3,5,8-10H2,1-2H3,(H,18,19,20)/t11-,13+/m0/s1. The normalized spacial score (nSPS) is 23.0. The number of aromatic amines is 1. The molecule has 3 aliphatic rings. The first-order chi connectivity index (χ1) is 12.0. The van der Waals surface area contributed by atoms with Crippen LogP contribution in [0.3, 0.4) is 0 Å². The Morgan fingerprint density at radius 1 is 1.12 bits per heavy atom. The summed E-state index contributed by atoms with van der Waals surface area (Å²) in [5, 5.41) is 10.7. The summed E-state index contributed by atoms with van der Waals surface area (Å²) in [6.07, 6.45) is 2.01. The van der Waals surface area contributed by atoms with E-state index in [1.165, 1.54) is 0 Å². The Labute approximate surface area is 145 Å². The van der Waals surface area contributed by atoms with Gasteiger partial charge >= 0.3 is 6.03 Å². The fraction of sp³-hybridized carbons (Fsp3) is 0.529. The van der Waals surface area contributed by atoms with Crippen LogP contribution in [-0.2, 0) is 0 Å². The van der Waals surface area contributed by atoms with E-state index in [9.17, 15) is 9.59 Å². The lowest BCUT2D eigenvalue weighted by atomic mass is 9.94. The summed E-state index contributed by atoms with van der Waals surface area (Å²) in [7, 11) is 3.54. The van der Waals surface area contributed by atoms with Crippen LogP contribution in [0.2, 0.25) is 0 Å². The van der Waals surface area contributed by atoms with Crippen molar-refractivity contribution >= 4 is 23.0 Å². The van der Waals surface area contributed by atoms with Gasteiger partial charge in [0.15, 0.2) is 0 Å². The van der Waals surface area contributed by atoms with Crippen LogP contribution in [0.1, 0.15) is 23.2 Å². The molecule has 8 nitrogen and oxygen atoms in total. The molecule has 4 heterocycles. The van der Waals surface area contributed by atoms with Crippen molar-refractivity contribution in [2.75, 3.05) is 33.7 Å². The number of fused-ring (bicyclic) bond motifs is 5. The van der Waals surface area contributed by atoms with Gasteiger partial charge in [-0.1, -0.05) is 0 Å². The molecule has 0 spiro atoms. The number of benzene rings is 1. The van der Waals surface area contributed by atoms with Crippen LogP contribution in [0.25, 0.3) is 11.0 Å². The zero-order valence-corrected chi connectivity index (χ0v) is 14.5. The fourth-order valence-electron chi connectivity index (χ4n) is 3.91. The summed E-state index contributed by atoms with van der Waals surface area (Å²) >= 11 is 0. The lowest BCUT2D eigenvalue weighted by Crippen LogP contribution is -2.48. The van der Waals surface area contributed by atoms with Crippen molar-refractivity contribution in [3.8, 4) is 0 Å². The van der Waals surface area contributed by atoms with Crippen LogP contribution in [-0.4, -0.2) is 81.8 Å². The highest BCUT2D eigenvalue weighted by molar-refractivity contribution is 5.97. The van der Waals surface area contributed by atoms with Gasteiger partial charge in [-0.05, 0) is 37.0 Å². The number of amides is 3. The van der Waals surface area contributed by atoms with Crippen LogP contribution in [0.5, 0.6) is 0 Å². The minimum Gasteiger partial charge on any atom is -0.334 e. The average Bonchev–Trinajstić information content (AvgIpc) is 2.89. The Morgan fingerprint density at radius 3 is 2.72 bits per heavy atom. The van der Waals surface area contributed by atoms with Crippen molar-refractivity contribution in [3.05, 3.63) is 23.8 Å². The van der Waals surface area contributed by atoms with Crippen molar-refractivity contribution in [3.63, 3.8) is 0 Å². The molecule has 0 unspecified atom stereocenters. The molecule has 8 heteroatoms. The van der Waals surface area contributed by atoms with E-state index in [1.54, 1.807) is 31.1 Å². The van der Waals surface area contributed by atoms with Crippen LogP contribution in [0.4, 0.5) is 4.79 Å². The van der Waals surface area contributed by atoms with Crippen molar-refractivity contribution in [1.82, 2.24) is 30.1 Å². The van der Waals surface area contributed by atoms with E-state index in [2.05, 4.69) is 15.4 Å². The van der Waals surface area contributed by atoms with E-state index in [1.807, 2.05) is 15.9 Å². The number of carbonyl (C=O) groups is 2. The van der Waals surface area contributed by atoms with Gasteiger partial charge in [0.05, 0.1) is 0 Å². The maximum atomic E-state index is 13.1. The molecular formula is C17H22N6O2. The second-order valence-corrected chi connectivity index (χ2v) is 7.16. The van der Waals surface area contributed by atoms with E-state index in [0.29, 0.717) is 30.1 Å². The number of urea groups is 1. The van der Waals surface area contributed by atoms with Crippen LogP contribution in [0, 0.1) is 5.92 Å². The Kier molecular flexibility index (Phi) is 3.82. The van der Waals surface area contributed by atoms with Crippen LogP contribution >= 0.6 is 0 Å². The Morgan fingerprint density at radius 2 is 1.92 bits per heavy atom. The Bertz CT molecular complexity index is 816. The first-order valence-electron chi connectivity index (χ1n) is 8.60. The van der Waals surface area contributed by atoms with E-state index in [0.717, 1.165) is 24.9 Å². The minimum atomic E-state index is 0.0127. The number of carbonyl (C=O) groups excluding carboxylic acids is 2. The Hall–Kier alpha value is -2.64. The first-order valence-corrected chi connectivity index (χ1v) is 8.60. The van der Waals surface area contributed by atoms with Gasteiger partial charge < -0.3 is 14.7 Å². The van der Waals surface area contributed by atoms with Crippen molar-refractivity contribution in [2.45, 2.75) is 18.9 Å². The highest BCUT2D eigenvalue weighted by Crippen LogP contribution is 2.30. The summed E-state index contributed by atoms with van der Waals surface area (Å²) < 4.78 is 0. The predicted octanol–water partition coefficient (Wildman–Crippen LogP) is 1.18. The maximum absolute atomic E-state index is 13.1.